The Morgan fingerprint density at radius 3 is 2.36 bits per heavy atom. The van der Waals surface area contributed by atoms with E-state index in [4.69, 9.17) is 19.3 Å². The molecule has 0 bridgehead atoms. The molecule has 1 atom stereocenters. The molecule has 0 aliphatic carbocycles. The molecular weight excluding hydrogens is 557 g/mol. The van der Waals surface area contributed by atoms with Gasteiger partial charge in [0.25, 0.3) is 10.0 Å². The van der Waals surface area contributed by atoms with Crippen LogP contribution in [0.15, 0.2) is 58.7 Å². The maximum absolute atomic E-state index is 13.8. The number of rotatable bonds is 10. The molecule has 202 valence electrons. The van der Waals surface area contributed by atoms with E-state index in [9.17, 15) is 17.8 Å². The summed E-state index contributed by atoms with van der Waals surface area (Å²) >= 11 is -1.92. The Labute approximate surface area is 250 Å². The third-order valence-electron chi connectivity index (χ3n) is 5.74. The molecule has 11 nitrogen and oxygen atoms in total. The fourth-order valence-corrected chi connectivity index (χ4v) is 6.93. The zero-order chi connectivity index (χ0) is 27.6. The monoisotopic (exact) mass is 583 g/mol. The number of ether oxygens (including phenoxy) is 3. The summed E-state index contributed by atoms with van der Waals surface area (Å²) in [5, 5.41) is 8.61. The van der Waals surface area contributed by atoms with Gasteiger partial charge in [-0.1, -0.05) is 0 Å². The van der Waals surface area contributed by atoms with Crippen LogP contribution in [-0.2, 0) is 31.7 Å². The molecule has 0 aliphatic heterocycles. The van der Waals surface area contributed by atoms with Gasteiger partial charge in [-0.3, -0.25) is 4.98 Å². The molecule has 39 heavy (non-hydrogen) atoms. The van der Waals surface area contributed by atoms with Gasteiger partial charge in [0.2, 0.25) is 0 Å². The van der Waals surface area contributed by atoms with Gasteiger partial charge in [-0.2, -0.15) is 8.96 Å². The summed E-state index contributed by atoms with van der Waals surface area (Å²) in [4.78, 5) is 19.4. The van der Waals surface area contributed by atoms with Crippen LogP contribution in [0.1, 0.15) is 16.8 Å². The van der Waals surface area contributed by atoms with Gasteiger partial charge in [0.05, 0.1) is 35.8 Å². The summed E-state index contributed by atoms with van der Waals surface area (Å²) in [7, 11) is -1.28. The summed E-state index contributed by atoms with van der Waals surface area (Å²) in [5.74, 6) is -0.00333. The zero-order valence-electron chi connectivity index (χ0n) is 21.0. The van der Waals surface area contributed by atoms with Crippen LogP contribution in [0.2, 0.25) is 0 Å². The van der Waals surface area contributed by atoms with Crippen molar-refractivity contribution >= 4 is 67.8 Å². The Bertz CT molecular complexity index is 1610. The Balaban J connectivity index is 0.00000420. The molecule has 0 spiro atoms. The first-order chi connectivity index (χ1) is 18.1. The summed E-state index contributed by atoms with van der Waals surface area (Å²) in [6.07, 6.45) is 1.61. The van der Waals surface area contributed by atoms with Crippen LogP contribution in [0.3, 0.4) is 0 Å². The van der Waals surface area contributed by atoms with Gasteiger partial charge in [0.1, 0.15) is 17.2 Å². The predicted molar refractivity (Wildman–Crippen MR) is 146 cm³/mol. The maximum atomic E-state index is 13.8. The van der Waals surface area contributed by atoms with Gasteiger partial charge < -0.3 is 23.9 Å². The van der Waals surface area contributed by atoms with Crippen LogP contribution in [0.5, 0.6) is 17.2 Å². The van der Waals surface area contributed by atoms with Crippen molar-refractivity contribution in [2.45, 2.75) is 29.7 Å². The Kier molecular flexibility index (Phi) is 9.91. The molecule has 0 saturated carbocycles. The average Bonchev–Trinajstić information content (AvgIpc) is 3.29. The van der Waals surface area contributed by atoms with E-state index in [0.29, 0.717) is 22.8 Å². The van der Waals surface area contributed by atoms with Crippen LogP contribution in [0, 0.1) is 13.8 Å². The number of carbonyl (C=O) groups is 1. The van der Waals surface area contributed by atoms with Gasteiger partial charge in [0.15, 0.2) is 12.4 Å². The fourth-order valence-electron chi connectivity index (χ4n) is 3.88. The van der Waals surface area contributed by atoms with Crippen LogP contribution < -0.4 is 14.2 Å². The fraction of sp³-hybridized carbons (Fsp3) is 0.240. The number of imidazole rings is 1. The first kappa shape index (κ1) is 30.7. The minimum absolute atomic E-state index is 0. The van der Waals surface area contributed by atoms with Crippen LogP contribution in [-0.4, -0.2) is 88.4 Å². The van der Waals surface area contributed by atoms with Gasteiger partial charge in [0, 0.05) is 34.6 Å². The van der Waals surface area contributed by atoms with Crippen molar-refractivity contribution in [2.75, 3.05) is 20.8 Å². The molecule has 2 aromatic heterocycles. The number of carboxylic acid groups (broad SMARTS) is 1. The molecule has 4 aromatic rings. The molecule has 4 rings (SSSR count). The summed E-state index contributed by atoms with van der Waals surface area (Å²) < 4.78 is 58.0. The first-order valence-corrected chi connectivity index (χ1v) is 14.0. The van der Waals surface area contributed by atoms with Crippen molar-refractivity contribution < 1.29 is 37.1 Å². The number of aromatic nitrogens is 3. The minimum atomic E-state index is -4.28. The van der Waals surface area contributed by atoms with E-state index < -0.39 is 33.8 Å². The molecule has 0 saturated heterocycles. The van der Waals surface area contributed by atoms with Gasteiger partial charge in [-0.25, -0.2) is 13.2 Å². The molecule has 1 N–H and O–H groups in total. The Morgan fingerprint density at radius 2 is 1.74 bits per heavy atom. The van der Waals surface area contributed by atoms with Crippen molar-refractivity contribution in [1.29, 1.82) is 0 Å². The second-order valence-corrected chi connectivity index (χ2v) is 11.3. The van der Waals surface area contributed by atoms with E-state index in [1.807, 2.05) is 6.92 Å². The number of aliphatic carboxylic acids is 1. The summed E-state index contributed by atoms with van der Waals surface area (Å²) in [6, 6.07) is 9.94. The van der Waals surface area contributed by atoms with E-state index in [2.05, 4.69) is 9.97 Å². The molecule has 0 amide bonds. The topological polar surface area (TPSA) is 153 Å². The van der Waals surface area contributed by atoms with Crippen molar-refractivity contribution in [3.05, 3.63) is 65.5 Å². The van der Waals surface area contributed by atoms with Crippen LogP contribution in [0.4, 0.5) is 0 Å². The standard InChI is InChI=1S/C25H25N3O8S2.Na.H/c1-15-12-26-21(16(2)24(15)35-4)14-37(31)25-27-20-11-18(34-3)7-10-22(20)28(25)38(32,33)19-8-5-17(6-9-19)36-13-23(29)30;;/h5-12H,13-14H2,1-4H3,(H,29,30);;. The van der Waals surface area contributed by atoms with Crippen molar-refractivity contribution in [3.8, 4) is 17.2 Å². The number of hydrogen-bond donors (Lipinski definition) is 1. The zero-order valence-corrected chi connectivity index (χ0v) is 22.6. The van der Waals surface area contributed by atoms with E-state index in [0.717, 1.165) is 9.54 Å². The number of aryl methyl sites for hydroxylation is 1. The van der Waals surface area contributed by atoms with E-state index in [1.54, 1.807) is 25.3 Å². The Hall–Kier alpha value is -2.81. The number of benzene rings is 2. The number of pyridine rings is 1. The Morgan fingerprint density at radius 1 is 1.08 bits per heavy atom. The molecule has 0 radical (unpaired) electrons. The van der Waals surface area contributed by atoms with Crippen molar-refractivity contribution in [3.63, 3.8) is 0 Å². The molecular formula is C25H26N3NaO8S2. The summed E-state index contributed by atoms with van der Waals surface area (Å²) in [6.45, 7) is 3.07. The first-order valence-electron chi connectivity index (χ1n) is 11.2. The number of nitrogens with zero attached hydrogens (tertiary/aromatic N) is 3. The van der Waals surface area contributed by atoms with Crippen LogP contribution in [0.25, 0.3) is 11.0 Å². The molecule has 0 fully saturated rings. The van der Waals surface area contributed by atoms with Crippen LogP contribution >= 0.6 is 0 Å². The molecule has 0 aliphatic rings. The van der Waals surface area contributed by atoms with Gasteiger partial charge in [-0.15, -0.1) is 0 Å². The molecule has 2 heterocycles. The number of carboxylic acids is 1. The molecule has 2 aromatic carbocycles. The third kappa shape index (κ3) is 6.34. The van der Waals surface area contributed by atoms with E-state index in [-0.39, 0.29) is 62.1 Å². The summed E-state index contributed by atoms with van der Waals surface area (Å²) in [5.41, 5.74) is 2.50. The quantitative estimate of drug-likeness (QED) is 0.218. The second kappa shape index (κ2) is 12.6. The van der Waals surface area contributed by atoms with Crippen molar-refractivity contribution in [1.82, 2.24) is 13.9 Å². The molecule has 1 unspecified atom stereocenters. The molecule has 14 heteroatoms. The normalized spacial score (nSPS) is 12.0. The predicted octanol–water partition coefficient (Wildman–Crippen LogP) is 2.43. The van der Waals surface area contributed by atoms with E-state index >= 15 is 0 Å². The van der Waals surface area contributed by atoms with E-state index in [1.165, 1.54) is 44.6 Å². The second-order valence-electron chi connectivity index (χ2n) is 8.21. The van der Waals surface area contributed by atoms with Gasteiger partial charge in [-0.05, 0) is 50.2 Å². The number of methoxy groups -OCH3 is 2. The number of fused-ring (bicyclic) bond motifs is 1. The number of hydrogen-bond acceptors (Lipinski definition) is 9. The van der Waals surface area contributed by atoms with Gasteiger partial charge >= 0.3 is 40.7 Å². The van der Waals surface area contributed by atoms with Crippen molar-refractivity contribution in [2.24, 2.45) is 0 Å². The average molecular weight is 584 g/mol. The SMILES string of the molecule is COc1ccc2c(c1)nc([S+]([O-])Cc1ncc(C)c(OC)c1C)n2S(=O)(=O)c1ccc(OCC(=O)O)cc1.[NaH]. The third-order valence-corrected chi connectivity index (χ3v) is 8.79.